The van der Waals surface area contributed by atoms with Gasteiger partial charge in [0.05, 0.1) is 0 Å². The molecule has 1 aromatic rings. The van der Waals surface area contributed by atoms with Gasteiger partial charge in [0.15, 0.2) is 0 Å². The predicted molar refractivity (Wildman–Crippen MR) is 72.7 cm³/mol. The molecule has 3 aliphatic heterocycles. The van der Waals surface area contributed by atoms with E-state index in [1.807, 2.05) is 35.2 Å². The van der Waals surface area contributed by atoms with Crippen LogP contribution in [-0.4, -0.2) is 36.7 Å². The van der Waals surface area contributed by atoms with Crippen molar-refractivity contribution >= 4 is 6.09 Å². The lowest BCUT2D eigenvalue weighted by Crippen LogP contribution is -2.40. The summed E-state index contributed by atoms with van der Waals surface area (Å²) in [5.74, 6) is 0.586. The third-order valence-electron chi connectivity index (χ3n) is 4.00. The lowest BCUT2D eigenvalue weighted by Gasteiger charge is -2.22. The molecule has 1 N–H and O–H groups in total. The van der Waals surface area contributed by atoms with Gasteiger partial charge in [-0.25, -0.2) is 4.79 Å². The second kappa shape index (κ2) is 5.61. The first-order chi connectivity index (χ1) is 9.31. The SMILES string of the molecule is O=C(OCc1ccccc1)N1CC2CCC(C1)NC2. The zero-order valence-electron chi connectivity index (χ0n) is 11.0. The molecule has 0 radical (unpaired) electrons. The Morgan fingerprint density at radius 3 is 2.84 bits per heavy atom. The van der Waals surface area contributed by atoms with E-state index in [1.165, 1.54) is 12.8 Å². The van der Waals surface area contributed by atoms with Crippen LogP contribution in [0.5, 0.6) is 0 Å². The fraction of sp³-hybridized carbons (Fsp3) is 0.533. The standard InChI is InChI=1S/C15H20N2O2/c18-15(19-11-12-4-2-1-3-5-12)17-9-13-6-7-14(10-17)16-8-13/h1-5,13-14,16H,6-11H2. The number of benzene rings is 1. The van der Waals surface area contributed by atoms with Gasteiger partial charge in [-0.1, -0.05) is 30.3 Å². The average Bonchev–Trinajstić information content (AvgIpc) is 2.79. The van der Waals surface area contributed by atoms with Gasteiger partial charge in [0.25, 0.3) is 0 Å². The molecule has 2 unspecified atom stereocenters. The van der Waals surface area contributed by atoms with E-state index in [1.54, 1.807) is 0 Å². The summed E-state index contributed by atoms with van der Waals surface area (Å²) < 4.78 is 5.41. The fourth-order valence-electron chi connectivity index (χ4n) is 2.90. The van der Waals surface area contributed by atoms with Crippen molar-refractivity contribution in [1.82, 2.24) is 10.2 Å². The first-order valence-corrected chi connectivity index (χ1v) is 7.00. The molecule has 3 heterocycles. The normalized spacial score (nSPS) is 26.0. The molecule has 3 saturated heterocycles. The van der Waals surface area contributed by atoms with E-state index in [9.17, 15) is 4.79 Å². The largest absolute Gasteiger partial charge is 0.445 e. The second-order valence-corrected chi connectivity index (χ2v) is 5.49. The summed E-state index contributed by atoms with van der Waals surface area (Å²) in [7, 11) is 0. The summed E-state index contributed by atoms with van der Waals surface area (Å²) >= 11 is 0. The lowest BCUT2D eigenvalue weighted by atomic mass is 9.97. The van der Waals surface area contributed by atoms with Crippen molar-refractivity contribution < 1.29 is 9.53 Å². The van der Waals surface area contributed by atoms with Crippen molar-refractivity contribution in [2.45, 2.75) is 25.5 Å². The van der Waals surface area contributed by atoms with Crippen LogP contribution in [0, 0.1) is 5.92 Å². The van der Waals surface area contributed by atoms with Crippen LogP contribution in [-0.2, 0) is 11.3 Å². The molecule has 0 saturated carbocycles. The highest BCUT2D eigenvalue weighted by atomic mass is 16.6. The van der Waals surface area contributed by atoms with Gasteiger partial charge >= 0.3 is 6.09 Å². The summed E-state index contributed by atoms with van der Waals surface area (Å²) in [4.78, 5) is 14.0. The van der Waals surface area contributed by atoms with Gasteiger partial charge in [-0.2, -0.15) is 0 Å². The number of nitrogens with zero attached hydrogens (tertiary/aromatic N) is 1. The highest BCUT2D eigenvalue weighted by molar-refractivity contribution is 5.67. The van der Waals surface area contributed by atoms with Crippen molar-refractivity contribution in [3.05, 3.63) is 35.9 Å². The summed E-state index contributed by atoms with van der Waals surface area (Å²) in [6.45, 7) is 3.01. The summed E-state index contributed by atoms with van der Waals surface area (Å²) in [5, 5.41) is 3.49. The maximum absolute atomic E-state index is 12.1. The van der Waals surface area contributed by atoms with Gasteiger partial charge < -0.3 is 15.0 Å². The number of nitrogens with one attached hydrogen (secondary N) is 1. The predicted octanol–water partition coefficient (Wildman–Crippen LogP) is 2.01. The van der Waals surface area contributed by atoms with E-state index in [-0.39, 0.29) is 6.09 Å². The maximum Gasteiger partial charge on any atom is 0.410 e. The number of piperidine rings is 1. The first-order valence-electron chi connectivity index (χ1n) is 7.00. The molecule has 4 rings (SSSR count). The Balaban J connectivity index is 1.55. The second-order valence-electron chi connectivity index (χ2n) is 5.49. The van der Waals surface area contributed by atoms with Crippen LogP contribution in [0.4, 0.5) is 4.79 Å². The van der Waals surface area contributed by atoms with E-state index in [2.05, 4.69) is 5.32 Å². The third kappa shape index (κ3) is 3.07. The maximum atomic E-state index is 12.1. The van der Waals surface area contributed by atoms with Gasteiger partial charge in [-0.15, -0.1) is 0 Å². The van der Waals surface area contributed by atoms with Gasteiger partial charge in [0, 0.05) is 19.1 Å². The van der Waals surface area contributed by atoms with Crippen molar-refractivity contribution in [2.24, 2.45) is 5.92 Å². The molecular formula is C15H20N2O2. The van der Waals surface area contributed by atoms with Crippen LogP contribution in [0.3, 0.4) is 0 Å². The lowest BCUT2D eigenvalue weighted by molar-refractivity contribution is 0.0947. The molecule has 0 aliphatic carbocycles. The Hall–Kier alpha value is -1.55. The number of carbonyl (C=O) groups excluding carboxylic acids is 1. The summed E-state index contributed by atoms with van der Waals surface area (Å²) in [6.07, 6.45) is 2.22. The molecule has 2 bridgehead atoms. The monoisotopic (exact) mass is 260 g/mol. The molecule has 2 atom stereocenters. The van der Waals surface area contributed by atoms with Crippen molar-refractivity contribution in [3.8, 4) is 0 Å². The molecule has 1 aromatic carbocycles. The van der Waals surface area contributed by atoms with Gasteiger partial charge in [-0.05, 0) is 30.9 Å². The Bertz CT molecular complexity index is 413. The Kier molecular flexibility index (Phi) is 3.69. The molecule has 102 valence electrons. The molecule has 0 spiro atoms. The molecule has 4 nitrogen and oxygen atoms in total. The minimum atomic E-state index is -0.176. The van der Waals surface area contributed by atoms with E-state index in [0.717, 1.165) is 25.2 Å². The summed E-state index contributed by atoms with van der Waals surface area (Å²) in [6, 6.07) is 10.3. The fourth-order valence-corrected chi connectivity index (χ4v) is 2.90. The first kappa shape index (κ1) is 12.5. The van der Waals surface area contributed by atoms with Crippen LogP contribution >= 0.6 is 0 Å². The Morgan fingerprint density at radius 1 is 1.26 bits per heavy atom. The molecule has 1 amide bonds. The molecule has 0 aromatic heterocycles. The van der Waals surface area contributed by atoms with Gasteiger partial charge in [-0.3, -0.25) is 0 Å². The number of rotatable bonds is 2. The van der Waals surface area contributed by atoms with E-state index < -0.39 is 0 Å². The number of hydrogen-bond acceptors (Lipinski definition) is 3. The number of carbonyl (C=O) groups is 1. The van der Waals surface area contributed by atoms with Gasteiger partial charge in [0.2, 0.25) is 0 Å². The van der Waals surface area contributed by atoms with Crippen LogP contribution in [0.2, 0.25) is 0 Å². The van der Waals surface area contributed by atoms with Gasteiger partial charge in [0.1, 0.15) is 6.61 Å². The van der Waals surface area contributed by atoms with Crippen LogP contribution < -0.4 is 5.32 Å². The zero-order valence-corrected chi connectivity index (χ0v) is 11.0. The molecular weight excluding hydrogens is 240 g/mol. The van der Waals surface area contributed by atoms with Crippen LogP contribution in [0.15, 0.2) is 30.3 Å². The van der Waals surface area contributed by atoms with Crippen molar-refractivity contribution in [2.75, 3.05) is 19.6 Å². The number of ether oxygens (including phenoxy) is 1. The quantitative estimate of drug-likeness (QED) is 0.884. The molecule has 3 aliphatic rings. The minimum absolute atomic E-state index is 0.176. The number of hydrogen-bond donors (Lipinski definition) is 1. The molecule has 3 fully saturated rings. The van der Waals surface area contributed by atoms with E-state index >= 15 is 0 Å². The van der Waals surface area contributed by atoms with E-state index in [4.69, 9.17) is 4.74 Å². The highest BCUT2D eigenvalue weighted by Gasteiger charge is 2.31. The molecule has 19 heavy (non-hydrogen) atoms. The smallest absolute Gasteiger partial charge is 0.410 e. The summed E-state index contributed by atoms with van der Waals surface area (Å²) in [5.41, 5.74) is 1.03. The number of fused-ring (bicyclic) bond motifs is 4. The Labute approximate surface area is 113 Å². The van der Waals surface area contributed by atoms with Crippen LogP contribution in [0.1, 0.15) is 18.4 Å². The average molecular weight is 260 g/mol. The third-order valence-corrected chi connectivity index (χ3v) is 4.00. The minimum Gasteiger partial charge on any atom is -0.445 e. The zero-order chi connectivity index (χ0) is 13.1. The topological polar surface area (TPSA) is 41.6 Å². The highest BCUT2D eigenvalue weighted by Crippen LogP contribution is 2.22. The molecule has 4 heteroatoms. The van der Waals surface area contributed by atoms with Crippen molar-refractivity contribution in [3.63, 3.8) is 0 Å². The van der Waals surface area contributed by atoms with Crippen LogP contribution in [0.25, 0.3) is 0 Å². The van der Waals surface area contributed by atoms with Crippen molar-refractivity contribution in [1.29, 1.82) is 0 Å². The Morgan fingerprint density at radius 2 is 2.11 bits per heavy atom. The van der Waals surface area contributed by atoms with E-state index in [0.29, 0.717) is 18.6 Å². The number of amides is 1.